The molecule has 0 fully saturated rings. The number of hydrogen-bond acceptors (Lipinski definition) is 3. The maximum absolute atomic E-state index is 5.81. The molecule has 1 aromatic rings. The summed E-state index contributed by atoms with van der Waals surface area (Å²) in [4.78, 5) is 8.45. The number of guanidine groups is 1. The summed E-state index contributed by atoms with van der Waals surface area (Å²) >= 11 is 0. The topological polar surface area (TPSA) is 72.5 Å². The molecule has 0 saturated heterocycles. The van der Waals surface area contributed by atoms with Crippen LogP contribution in [0, 0.1) is 0 Å². The first kappa shape index (κ1) is 14.3. The van der Waals surface area contributed by atoms with E-state index in [9.17, 15) is 0 Å². The van der Waals surface area contributed by atoms with Crippen molar-refractivity contribution in [2.45, 2.75) is 39.8 Å². The Morgan fingerprint density at radius 3 is 2.83 bits per heavy atom. The van der Waals surface area contributed by atoms with Crippen LogP contribution in [0.2, 0.25) is 0 Å². The molecule has 18 heavy (non-hydrogen) atoms. The second kappa shape index (κ2) is 6.23. The molecule has 1 aromatic heterocycles. The number of aliphatic imine (C=N–C) groups is 1. The summed E-state index contributed by atoms with van der Waals surface area (Å²) in [5, 5.41) is 3.11. The van der Waals surface area contributed by atoms with E-state index in [4.69, 9.17) is 10.5 Å². The Balaban J connectivity index is 2.70. The number of nitrogens with two attached hydrogens (primary N) is 1. The van der Waals surface area contributed by atoms with Gasteiger partial charge in [-0.3, -0.25) is 0 Å². The van der Waals surface area contributed by atoms with Crippen LogP contribution in [0.1, 0.15) is 33.3 Å². The first-order chi connectivity index (χ1) is 8.42. The van der Waals surface area contributed by atoms with Crippen LogP contribution in [0.4, 0.5) is 0 Å². The van der Waals surface area contributed by atoms with E-state index in [0.29, 0.717) is 25.0 Å². The number of aromatic nitrogens is 1. The molecule has 0 aliphatic heterocycles. The van der Waals surface area contributed by atoms with Crippen LogP contribution in [-0.4, -0.2) is 23.1 Å². The van der Waals surface area contributed by atoms with E-state index in [-0.39, 0.29) is 5.54 Å². The van der Waals surface area contributed by atoms with E-state index in [1.807, 2.05) is 39.8 Å². The molecule has 5 heteroatoms. The molecule has 0 amide bonds. The average molecular weight is 250 g/mol. The van der Waals surface area contributed by atoms with Gasteiger partial charge in [-0.1, -0.05) is 6.07 Å². The van der Waals surface area contributed by atoms with Crippen molar-refractivity contribution in [3.05, 3.63) is 23.9 Å². The molecule has 0 bridgehead atoms. The van der Waals surface area contributed by atoms with Gasteiger partial charge in [-0.2, -0.15) is 0 Å². The van der Waals surface area contributed by atoms with Crippen LogP contribution >= 0.6 is 0 Å². The minimum atomic E-state index is -0.0920. The van der Waals surface area contributed by atoms with Crippen molar-refractivity contribution in [2.24, 2.45) is 10.7 Å². The van der Waals surface area contributed by atoms with Gasteiger partial charge in [0.25, 0.3) is 0 Å². The summed E-state index contributed by atoms with van der Waals surface area (Å²) in [6.45, 7) is 9.07. The van der Waals surface area contributed by atoms with E-state index in [0.717, 1.165) is 5.56 Å². The summed E-state index contributed by atoms with van der Waals surface area (Å²) in [5.41, 5.74) is 6.65. The Morgan fingerprint density at radius 2 is 2.22 bits per heavy atom. The molecule has 0 saturated carbocycles. The van der Waals surface area contributed by atoms with Crippen LogP contribution < -0.4 is 15.8 Å². The summed E-state index contributed by atoms with van der Waals surface area (Å²) in [6.07, 6.45) is 1.70. The Hall–Kier alpha value is -1.78. The maximum atomic E-state index is 5.81. The molecule has 0 radical (unpaired) electrons. The second-order valence-corrected chi connectivity index (χ2v) is 4.98. The van der Waals surface area contributed by atoms with Crippen molar-refractivity contribution in [3.63, 3.8) is 0 Å². The van der Waals surface area contributed by atoms with Crippen molar-refractivity contribution in [2.75, 3.05) is 6.61 Å². The van der Waals surface area contributed by atoms with Gasteiger partial charge in [0.15, 0.2) is 5.96 Å². The van der Waals surface area contributed by atoms with E-state index in [1.165, 1.54) is 0 Å². The lowest BCUT2D eigenvalue weighted by atomic mass is 10.1. The van der Waals surface area contributed by atoms with Gasteiger partial charge in [-0.15, -0.1) is 0 Å². The lowest BCUT2D eigenvalue weighted by Crippen LogP contribution is -2.44. The molecule has 3 N–H and O–H groups in total. The molecule has 0 unspecified atom stereocenters. The predicted octanol–water partition coefficient (Wildman–Crippen LogP) is 1.68. The number of rotatable bonds is 4. The van der Waals surface area contributed by atoms with Crippen LogP contribution in [0.25, 0.3) is 0 Å². The molecule has 0 aliphatic rings. The lowest BCUT2D eigenvalue weighted by Gasteiger charge is -2.21. The molecular weight excluding hydrogens is 228 g/mol. The highest BCUT2D eigenvalue weighted by Crippen LogP contribution is 2.15. The Labute approximate surface area is 108 Å². The Kier molecular flexibility index (Phi) is 4.95. The van der Waals surface area contributed by atoms with Crippen molar-refractivity contribution >= 4 is 5.96 Å². The largest absolute Gasteiger partial charge is 0.478 e. The standard InChI is InChI=1S/C13H22N4O/c1-5-18-11-10(7-6-8-15-11)9-16-12(14)17-13(2,3)4/h6-8H,5,9H2,1-4H3,(H3,14,16,17). The summed E-state index contributed by atoms with van der Waals surface area (Å²) in [5.74, 6) is 1.04. The van der Waals surface area contributed by atoms with E-state index in [1.54, 1.807) is 6.20 Å². The van der Waals surface area contributed by atoms with Gasteiger partial charge >= 0.3 is 0 Å². The monoisotopic (exact) mass is 250 g/mol. The van der Waals surface area contributed by atoms with E-state index in [2.05, 4.69) is 15.3 Å². The molecule has 0 atom stereocenters. The average Bonchev–Trinajstić information content (AvgIpc) is 2.26. The third kappa shape index (κ3) is 5.03. The highest BCUT2D eigenvalue weighted by Gasteiger charge is 2.10. The van der Waals surface area contributed by atoms with E-state index < -0.39 is 0 Å². The fourth-order valence-corrected chi connectivity index (χ4v) is 1.41. The Bertz CT molecular complexity index is 410. The van der Waals surface area contributed by atoms with Crippen molar-refractivity contribution in [1.82, 2.24) is 10.3 Å². The van der Waals surface area contributed by atoms with Gasteiger partial charge in [0.2, 0.25) is 5.88 Å². The van der Waals surface area contributed by atoms with E-state index >= 15 is 0 Å². The van der Waals surface area contributed by atoms with Crippen LogP contribution in [0.15, 0.2) is 23.3 Å². The molecule has 0 spiro atoms. The smallest absolute Gasteiger partial charge is 0.218 e. The van der Waals surface area contributed by atoms with Gasteiger partial charge in [-0.05, 0) is 33.8 Å². The number of nitrogens with zero attached hydrogens (tertiary/aromatic N) is 2. The van der Waals surface area contributed by atoms with Gasteiger partial charge in [0.05, 0.1) is 13.2 Å². The maximum Gasteiger partial charge on any atom is 0.218 e. The molecule has 100 valence electrons. The molecule has 0 aliphatic carbocycles. The van der Waals surface area contributed by atoms with Crippen LogP contribution in [-0.2, 0) is 6.54 Å². The lowest BCUT2D eigenvalue weighted by molar-refractivity contribution is 0.323. The molecule has 5 nitrogen and oxygen atoms in total. The number of nitrogens with one attached hydrogen (secondary N) is 1. The molecular formula is C13H22N4O. The van der Waals surface area contributed by atoms with Crippen LogP contribution in [0.3, 0.4) is 0 Å². The number of hydrogen-bond donors (Lipinski definition) is 2. The highest BCUT2D eigenvalue weighted by atomic mass is 16.5. The first-order valence-corrected chi connectivity index (χ1v) is 6.07. The minimum Gasteiger partial charge on any atom is -0.478 e. The number of ether oxygens (including phenoxy) is 1. The summed E-state index contributed by atoms with van der Waals surface area (Å²) < 4.78 is 5.43. The molecule has 0 aromatic carbocycles. The minimum absolute atomic E-state index is 0.0920. The summed E-state index contributed by atoms with van der Waals surface area (Å²) in [6, 6.07) is 3.80. The normalized spacial score (nSPS) is 12.3. The second-order valence-electron chi connectivity index (χ2n) is 4.98. The first-order valence-electron chi connectivity index (χ1n) is 6.07. The van der Waals surface area contributed by atoms with Gasteiger partial charge < -0.3 is 15.8 Å². The SMILES string of the molecule is CCOc1ncccc1CN=C(N)NC(C)(C)C. The fourth-order valence-electron chi connectivity index (χ4n) is 1.41. The zero-order chi connectivity index (χ0) is 13.6. The van der Waals surface area contributed by atoms with Crippen molar-refractivity contribution < 1.29 is 4.74 Å². The van der Waals surface area contributed by atoms with Gasteiger partial charge in [-0.25, -0.2) is 9.98 Å². The quantitative estimate of drug-likeness (QED) is 0.630. The fraction of sp³-hybridized carbons (Fsp3) is 0.538. The molecule has 1 rings (SSSR count). The zero-order valence-electron chi connectivity index (χ0n) is 11.5. The highest BCUT2D eigenvalue weighted by molar-refractivity contribution is 5.78. The zero-order valence-corrected chi connectivity index (χ0v) is 11.5. The number of pyridine rings is 1. The third-order valence-corrected chi connectivity index (χ3v) is 2.05. The predicted molar refractivity (Wildman–Crippen MR) is 73.6 cm³/mol. The summed E-state index contributed by atoms with van der Waals surface area (Å²) in [7, 11) is 0. The van der Waals surface area contributed by atoms with Gasteiger partial charge in [0.1, 0.15) is 0 Å². The third-order valence-electron chi connectivity index (χ3n) is 2.05. The Morgan fingerprint density at radius 1 is 1.50 bits per heavy atom. The molecule has 1 heterocycles. The van der Waals surface area contributed by atoms with Crippen LogP contribution in [0.5, 0.6) is 5.88 Å². The van der Waals surface area contributed by atoms with Crippen molar-refractivity contribution in [1.29, 1.82) is 0 Å². The van der Waals surface area contributed by atoms with Gasteiger partial charge in [0, 0.05) is 17.3 Å². The van der Waals surface area contributed by atoms with Crippen molar-refractivity contribution in [3.8, 4) is 5.88 Å².